The van der Waals surface area contributed by atoms with Crippen LogP contribution in [0.3, 0.4) is 0 Å². The van der Waals surface area contributed by atoms with Crippen LogP contribution < -0.4 is 5.32 Å². The van der Waals surface area contributed by atoms with Crippen molar-refractivity contribution >= 4 is 11.8 Å². The van der Waals surface area contributed by atoms with Crippen LogP contribution in [0.15, 0.2) is 48.7 Å². The molecule has 1 aliphatic rings. The van der Waals surface area contributed by atoms with Gasteiger partial charge in [0.15, 0.2) is 0 Å². The third-order valence-corrected chi connectivity index (χ3v) is 4.39. The van der Waals surface area contributed by atoms with Crippen LogP contribution in [0, 0.1) is 5.92 Å². The van der Waals surface area contributed by atoms with Gasteiger partial charge in [-0.05, 0) is 17.7 Å². The summed E-state index contributed by atoms with van der Waals surface area (Å²) < 4.78 is 1.97. The SMILES string of the molecule is CC(C)C(=O)NCC1Cn2cccc2C(=O)N1Cc1ccccc1. The van der Waals surface area contributed by atoms with Crippen molar-refractivity contribution in [2.24, 2.45) is 5.92 Å². The number of carbonyl (C=O) groups is 2. The Morgan fingerprint density at radius 2 is 1.96 bits per heavy atom. The number of hydrogen-bond donors (Lipinski definition) is 1. The lowest BCUT2D eigenvalue weighted by Crippen LogP contribution is -2.52. The Morgan fingerprint density at radius 3 is 2.67 bits per heavy atom. The Hall–Kier alpha value is -2.56. The van der Waals surface area contributed by atoms with E-state index < -0.39 is 0 Å². The van der Waals surface area contributed by atoms with Gasteiger partial charge in [0.1, 0.15) is 5.69 Å². The number of fused-ring (bicyclic) bond motifs is 1. The molecular formula is C19H23N3O2. The van der Waals surface area contributed by atoms with Crippen molar-refractivity contribution in [3.05, 3.63) is 59.9 Å². The summed E-state index contributed by atoms with van der Waals surface area (Å²) in [5, 5.41) is 2.96. The first-order chi connectivity index (χ1) is 11.6. The van der Waals surface area contributed by atoms with Crippen molar-refractivity contribution in [1.29, 1.82) is 0 Å². The molecule has 0 radical (unpaired) electrons. The number of rotatable bonds is 5. The summed E-state index contributed by atoms with van der Waals surface area (Å²) in [5.41, 5.74) is 1.79. The lowest BCUT2D eigenvalue weighted by atomic mass is 10.1. The molecule has 0 saturated heterocycles. The van der Waals surface area contributed by atoms with E-state index in [-0.39, 0.29) is 23.8 Å². The molecule has 24 heavy (non-hydrogen) atoms. The van der Waals surface area contributed by atoms with Gasteiger partial charge in [-0.1, -0.05) is 44.2 Å². The molecule has 2 aromatic rings. The van der Waals surface area contributed by atoms with E-state index >= 15 is 0 Å². The van der Waals surface area contributed by atoms with Crippen LogP contribution in [-0.4, -0.2) is 33.9 Å². The zero-order chi connectivity index (χ0) is 17.1. The number of nitrogens with one attached hydrogen (secondary N) is 1. The number of amides is 2. The molecule has 1 atom stereocenters. The third-order valence-electron chi connectivity index (χ3n) is 4.39. The van der Waals surface area contributed by atoms with Gasteiger partial charge in [-0.2, -0.15) is 0 Å². The highest BCUT2D eigenvalue weighted by molar-refractivity contribution is 5.93. The van der Waals surface area contributed by atoms with Gasteiger partial charge in [0.2, 0.25) is 5.91 Å². The van der Waals surface area contributed by atoms with Crippen molar-refractivity contribution in [2.75, 3.05) is 6.54 Å². The predicted molar refractivity (Wildman–Crippen MR) is 92.4 cm³/mol. The van der Waals surface area contributed by atoms with Gasteiger partial charge in [0, 0.05) is 31.7 Å². The minimum absolute atomic E-state index is 0.0129. The van der Waals surface area contributed by atoms with Crippen LogP contribution in [0.2, 0.25) is 0 Å². The lowest BCUT2D eigenvalue weighted by Gasteiger charge is -2.37. The largest absolute Gasteiger partial charge is 0.354 e. The van der Waals surface area contributed by atoms with Crippen molar-refractivity contribution in [2.45, 2.75) is 33.0 Å². The highest BCUT2D eigenvalue weighted by Gasteiger charge is 2.32. The van der Waals surface area contributed by atoms with Crippen LogP contribution in [-0.2, 0) is 17.9 Å². The summed E-state index contributed by atoms with van der Waals surface area (Å²) in [7, 11) is 0. The molecule has 0 bridgehead atoms. The molecule has 0 aliphatic carbocycles. The van der Waals surface area contributed by atoms with Crippen LogP contribution in [0.25, 0.3) is 0 Å². The Balaban J connectivity index is 1.80. The maximum Gasteiger partial charge on any atom is 0.271 e. The quantitative estimate of drug-likeness (QED) is 0.917. The molecule has 1 unspecified atom stereocenters. The monoisotopic (exact) mass is 325 g/mol. The first kappa shape index (κ1) is 16.3. The third kappa shape index (κ3) is 3.35. The number of aromatic nitrogens is 1. The predicted octanol–water partition coefficient (Wildman–Crippen LogP) is 2.28. The van der Waals surface area contributed by atoms with Gasteiger partial charge in [0.05, 0.1) is 6.04 Å². The number of nitrogens with zero attached hydrogens (tertiary/aromatic N) is 2. The number of carbonyl (C=O) groups excluding carboxylic acids is 2. The average Bonchev–Trinajstić information content (AvgIpc) is 3.05. The molecule has 1 aromatic heterocycles. The zero-order valence-electron chi connectivity index (χ0n) is 14.1. The minimum atomic E-state index is -0.0611. The zero-order valence-corrected chi connectivity index (χ0v) is 14.1. The molecule has 2 amide bonds. The summed E-state index contributed by atoms with van der Waals surface area (Å²) in [6.45, 7) is 5.44. The standard InChI is InChI=1S/C19H23N3O2/c1-14(2)18(23)20-11-16-13-21-10-6-9-17(21)19(24)22(16)12-15-7-4-3-5-8-15/h3-10,14,16H,11-13H2,1-2H3,(H,20,23). The van der Waals surface area contributed by atoms with Gasteiger partial charge < -0.3 is 14.8 Å². The van der Waals surface area contributed by atoms with Crippen LogP contribution in [0.1, 0.15) is 29.9 Å². The van der Waals surface area contributed by atoms with Crippen molar-refractivity contribution in [3.8, 4) is 0 Å². The Bertz CT molecular complexity index is 721. The molecule has 5 heteroatoms. The van der Waals surface area contributed by atoms with E-state index in [1.807, 2.05) is 72.0 Å². The first-order valence-electron chi connectivity index (χ1n) is 8.34. The fourth-order valence-electron chi connectivity index (χ4n) is 2.98. The Morgan fingerprint density at radius 1 is 1.21 bits per heavy atom. The molecule has 1 aromatic carbocycles. The van der Waals surface area contributed by atoms with E-state index in [4.69, 9.17) is 0 Å². The number of hydrogen-bond acceptors (Lipinski definition) is 2. The number of benzene rings is 1. The van der Waals surface area contributed by atoms with Crippen molar-refractivity contribution in [1.82, 2.24) is 14.8 Å². The van der Waals surface area contributed by atoms with Gasteiger partial charge >= 0.3 is 0 Å². The van der Waals surface area contributed by atoms with Crippen LogP contribution in [0.5, 0.6) is 0 Å². The van der Waals surface area contributed by atoms with E-state index in [9.17, 15) is 9.59 Å². The molecule has 1 aliphatic heterocycles. The van der Waals surface area contributed by atoms with Crippen molar-refractivity contribution < 1.29 is 9.59 Å². The highest BCUT2D eigenvalue weighted by atomic mass is 16.2. The van der Waals surface area contributed by atoms with Gasteiger partial charge in [0.25, 0.3) is 5.91 Å². The highest BCUT2D eigenvalue weighted by Crippen LogP contribution is 2.20. The van der Waals surface area contributed by atoms with Gasteiger partial charge in [-0.25, -0.2) is 0 Å². The summed E-state index contributed by atoms with van der Waals surface area (Å²) in [4.78, 5) is 26.6. The summed E-state index contributed by atoms with van der Waals surface area (Å²) in [6, 6.07) is 13.6. The lowest BCUT2D eigenvalue weighted by molar-refractivity contribution is -0.124. The summed E-state index contributed by atoms with van der Waals surface area (Å²) >= 11 is 0. The molecule has 0 fully saturated rings. The van der Waals surface area contributed by atoms with Crippen LogP contribution >= 0.6 is 0 Å². The first-order valence-corrected chi connectivity index (χ1v) is 8.34. The van der Waals surface area contributed by atoms with Gasteiger partial charge in [-0.15, -0.1) is 0 Å². The van der Waals surface area contributed by atoms with E-state index in [1.165, 1.54) is 0 Å². The molecule has 2 heterocycles. The van der Waals surface area contributed by atoms with Crippen molar-refractivity contribution in [3.63, 3.8) is 0 Å². The maximum atomic E-state index is 12.9. The van der Waals surface area contributed by atoms with Crippen LogP contribution in [0.4, 0.5) is 0 Å². The Kier molecular flexibility index (Phi) is 4.69. The molecular weight excluding hydrogens is 302 g/mol. The van der Waals surface area contributed by atoms with Gasteiger partial charge in [-0.3, -0.25) is 9.59 Å². The van der Waals surface area contributed by atoms with E-state index in [1.54, 1.807) is 0 Å². The van der Waals surface area contributed by atoms with E-state index in [2.05, 4.69) is 5.32 Å². The molecule has 3 rings (SSSR count). The second-order valence-electron chi connectivity index (χ2n) is 6.52. The maximum absolute atomic E-state index is 12.9. The fraction of sp³-hybridized carbons (Fsp3) is 0.368. The van der Waals surface area contributed by atoms with E-state index in [0.717, 1.165) is 5.56 Å². The minimum Gasteiger partial charge on any atom is -0.354 e. The van der Waals surface area contributed by atoms with E-state index in [0.29, 0.717) is 25.3 Å². The molecule has 5 nitrogen and oxygen atoms in total. The second kappa shape index (κ2) is 6.91. The molecule has 126 valence electrons. The molecule has 0 saturated carbocycles. The summed E-state index contributed by atoms with van der Waals surface area (Å²) in [6.07, 6.45) is 1.92. The second-order valence-corrected chi connectivity index (χ2v) is 6.52. The fourth-order valence-corrected chi connectivity index (χ4v) is 2.98. The average molecular weight is 325 g/mol. The Labute approximate surface area is 142 Å². The molecule has 0 spiro atoms. The smallest absolute Gasteiger partial charge is 0.271 e. The normalized spacial score (nSPS) is 17.0. The topological polar surface area (TPSA) is 54.3 Å². The summed E-state index contributed by atoms with van der Waals surface area (Å²) in [5.74, 6) is -0.0340. The molecule has 1 N–H and O–H groups in total.